The summed E-state index contributed by atoms with van der Waals surface area (Å²) in [4.78, 5) is 17.9. The van der Waals surface area contributed by atoms with Crippen LogP contribution in [0.4, 0.5) is 0 Å². The number of nitrogens with one attached hydrogen (secondary N) is 2. The van der Waals surface area contributed by atoms with Gasteiger partial charge in [-0.15, -0.1) is 0 Å². The summed E-state index contributed by atoms with van der Waals surface area (Å²) in [5.41, 5.74) is 4.45. The number of carbonyl (C=O) groups is 1. The Labute approximate surface area is 165 Å². The number of hydrogen-bond acceptors (Lipinski definition) is 3. The Morgan fingerprint density at radius 3 is 2.57 bits per heavy atom. The van der Waals surface area contributed by atoms with E-state index in [-0.39, 0.29) is 12.0 Å². The third-order valence-electron chi connectivity index (χ3n) is 5.50. The molecule has 28 heavy (non-hydrogen) atoms. The Bertz CT molecular complexity index is 924. The van der Waals surface area contributed by atoms with E-state index < -0.39 is 0 Å². The number of H-pyrrole nitrogens is 1. The van der Waals surface area contributed by atoms with Gasteiger partial charge in [0, 0.05) is 43.3 Å². The number of aliphatic hydroxyl groups excluding tert-OH is 1. The number of rotatable bonds is 6. The van der Waals surface area contributed by atoms with Gasteiger partial charge in [0.05, 0.1) is 12.5 Å². The Balaban J connectivity index is 1.27. The molecule has 0 aliphatic carbocycles. The number of aliphatic hydroxyl groups is 1. The van der Waals surface area contributed by atoms with Gasteiger partial charge in [-0.1, -0.05) is 42.5 Å². The second-order valence-electron chi connectivity index (χ2n) is 7.64. The quantitative estimate of drug-likeness (QED) is 0.619. The van der Waals surface area contributed by atoms with Gasteiger partial charge in [0.25, 0.3) is 0 Å². The van der Waals surface area contributed by atoms with Crippen LogP contribution in [0.1, 0.15) is 29.5 Å². The van der Waals surface area contributed by atoms with Gasteiger partial charge in [0.2, 0.25) is 5.91 Å². The van der Waals surface area contributed by atoms with E-state index in [1.165, 1.54) is 5.56 Å². The fourth-order valence-electron chi connectivity index (χ4n) is 3.81. The van der Waals surface area contributed by atoms with E-state index >= 15 is 0 Å². The maximum absolute atomic E-state index is 12.3. The number of para-hydroxylation sites is 1. The highest BCUT2D eigenvalue weighted by Gasteiger charge is 2.16. The number of benzene rings is 2. The standard InChI is InChI=1S/C23H27N3O2/c27-20-9-11-26(12-10-20)16-18-7-5-17(6-8-18)14-25-23(28)13-19-15-24-22-4-2-1-3-21(19)22/h1-8,15,20,24,27H,9-14,16H2,(H,25,28). The molecule has 1 aliphatic rings. The Kier molecular flexibility index (Phi) is 5.74. The van der Waals surface area contributed by atoms with Crippen molar-refractivity contribution in [2.45, 2.75) is 38.5 Å². The maximum atomic E-state index is 12.3. The maximum Gasteiger partial charge on any atom is 0.224 e. The predicted molar refractivity (Wildman–Crippen MR) is 111 cm³/mol. The SMILES string of the molecule is O=C(Cc1c[nH]c2ccccc12)NCc1ccc(CN2CCC(O)CC2)cc1. The molecule has 1 amide bonds. The summed E-state index contributed by atoms with van der Waals surface area (Å²) in [5.74, 6) is 0.0284. The van der Waals surface area contributed by atoms with Gasteiger partial charge in [-0.05, 0) is 35.6 Å². The van der Waals surface area contributed by atoms with Crippen molar-refractivity contribution in [1.29, 1.82) is 0 Å². The zero-order chi connectivity index (χ0) is 19.3. The zero-order valence-electron chi connectivity index (χ0n) is 16.0. The van der Waals surface area contributed by atoms with Crippen molar-refractivity contribution in [2.24, 2.45) is 0 Å². The number of amides is 1. The van der Waals surface area contributed by atoms with Crippen molar-refractivity contribution in [3.05, 3.63) is 71.4 Å². The Morgan fingerprint density at radius 2 is 1.79 bits per heavy atom. The molecule has 0 saturated carbocycles. The largest absolute Gasteiger partial charge is 0.393 e. The molecule has 146 valence electrons. The first kappa shape index (κ1) is 18.7. The number of piperidine rings is 1. The van der Waals surface area contributed by atoms with E-state index in [2.05, 4.69) is 39.5 Å². The first-order valence-corrected chi connectivity index (χ1v) is 9.97. The van der Waals surface area contributed by atoms with Crippen LogP contribution in [0.25, 0.3) is 10.9 Å². The molecule has 5 nitrogen and oxygen atoms in total. The van der Waals surface area contributed by atoms with Crippen molar-refractivity contribution < 1.29 is 9.90 Å². The second-order valence-corrected chi connectivity index (χ2v) is 7.64. The third-order valence-corrected chi connectivity index (χ3v) is 5.50. The van der Waals surface area contributed by atoms with Gasteiger partial charge < -0.3 is 15.4 Å². The average molecular weight is 377 g/mol. The smallest absolute Gasteiger partial charge is 0.224 e. The molecule has 1 fully saturated rings. The topological polar surface area (TPSA) is 68.4 Å². The molecule has 0 atom stereocenters. The van der Waals surface area contributed by atoms with Crippen molar-refractivity contribution in [3.63, 3.8) is 0 Å². The molecule has 1 saturated heterocycles. The summed E-state index contributed by atoms with van der Waals surface area (Å²) >= 11 is 0. The van der Waals surface area contributed by atoms with Crippen LogP contribution >= 0.6 is 0 Å². The highest BCUT2D eigenvalue weighted by atomic mass is 16.3. The van der Waals surface area contributed by atoms with Crippen LogP contribution < -0.4 is 5.32 Å². The fourth-order valence-corrected chi connectivity index (χ4v) is 3.81. The number of hydrogen-bond donors (Lipinski definition) is 3. The number of nitrogens with zero attached hydrogens (tertiary/aromatic N) is 1. The molecule has 2 heterocycles. The van der Waals surface area contributed by atoms with Gasteiger partial charge >= 0.3 is 0 Å². The molecule has 2 aromatic carbocycles. The minimum atomic E-state index is -0.133. The lowest BCUT2D eigenvalue weighted by Crippen LogP contribution is -2.35. The highest BCUT2D eigenvalue weighted by Crippen LogP contribution is 2.18. The molecule has 5 heteroatoms. The molecule has 3 N–H and O–H groups in total. The minimum Gasteiger partial charge on any atom is -0.393 e. The van der Waals surface area contributed by atoms with Crippen molar-refractivity contribution in [2.75, 3.05) is 13.1 Å². The third kappa shape index (κ3) is 4.61. The van der Waals surface area contributed by atoms with Crippen LogP contribution in [0, 0.1) is 0 Å². The molecule has 0 radical (unpaired) electrons. The van der Waals surface area contributed by atoms with Crippen LogP contribution in [0.2, 0.25) is 0 Å². The summed E-state index contributed by atoms with van der Waals surface area (Å²) in [6, 6.07) is 16.5. The van der Waals surface area contributed by atoms with Crippen LogP contribution in [-0.2, 0) is 24.3 Å². The molecule has 3 aromatic rings. The van der Waals surface area contributed by atoms with Crippen molar-refractivity contribution >= 4 is 16.8 Å². The number of carbonyl (C=O) groups excluding carboxylic acids is 1. The van der Waals surface area contributed by atoms with E-state index in [9.17, 15) is 9.90 Å². The summed E-state index contributed by atoms with van der Waals surface area (Å²) in [7, 11) is 0. The van der Waals surface area contributed by atoms with Crippen molar-refractivity contribution in [3.8, 4) is 0 Å². The minimum absolute atomic E-state index is 0.0284. The number of aromatic amines is 1. The van der Waals surface area contributed by atoms with Gasteiger partial charge in [-0.3, -0.25) is 9.69 Å². The fraction of sp³-hybridized carbons (Fsp3) is 0.348. The van der Waals surface area contributed by atoms with Crippen LogP contribution in [0.15, 0.2) is 54.7 Å². The van der Waals surface area contributed by atoms with Crippen LogP contribution in [-0.4, -0.2) is 40.1 Å². The number of likely N-dealkylation sites (tertiary alicyclic amines) is 1. The van der Waals surface area contributed by atoms with E-state index in [0.717, 1.165) is 54.5 Å². The lowest BCUT2D eigenvalue weighted by Gasteiger charge is -2.29. The van der Waals surface area contributed by atoms with E-state index in [4.69, 9.17) is 0 Å². The molecule has 0 spiro atoms. The van der Waals surface area contributed by atoms with Gasteiger partial charge in [0.1, 0.15) is 0 Å². The zero-order valence-corrected chi connectivity index (χ0v) is 16.0. The molecule has 4 rings (SSSR count). The highest BCUT2D eigenvalue weighted by molar-refractivity contribution is 5.88. The summed E-state index contributed by atoms with van der Waals surface area (Å²) in [6.07, 6.45) is 3.88. The number of fused-ring (bicyclic) bond motifs is 1. The Hall–Kier alpha value is -2.63. The van der Waals surface area contributed by atoms with Crippen molar-refractivity contribution in [1.82, 2.24) is 15.2 Å². The summed E-state index contributed by atoms with van der Waals surface area (Å²) < 4.78 is 0. The first-order chi connectivity index (χ1) is 13.7. The lowest BCUT2D eigenvalue weighted by atomic mass is 10.1. The van der Waals surface area contributed by atoms with Gasteiger partial charge in [0.15, 0.2) is 0 Å². The first-order valence-electron chi connectivity index (χ1n) is 9.97. The Morgan fingerprint density at radius 1 is 1.07 bits per heavy atom. The average Bonchev–Trinajstić information content (AvgIpc) is 3.12. The predicted octanol–water partition coefficient (Wildman–Crippen LogP) is 2.98. The summed E-state index contributed by atoms with van der Waals surface area (Å²) in [6.45, 7) is 3.36. The summed E-state index contributed by atoms with van der Waals surface area (Å²) in [5, 5.41) is 13.7. The molecule has 0 unspecified atom stereocenters. The lowest BCUT2D eigenvalue weighted by molar-refractivity contribution is -0.120. The second kappa shape index (κ2) is 8.59. The normalized spacial score (nSPS) is 15.8. The molecular formula is C23H27N3O2. The van der Waals surface area contributed by atoms with E-state index in [1.807, 2.05) is 30.5 Å². The van der Waals surface area contributed by atoms with E-state index in [0.29, 0.717) is 13.0 Å². The van der Waals surface area contributed by atoms with Crippen LogP contribution in [0.5, 0.6) is 0 Å². The van der Waals surface area contributed by atoms with E-state index in [1.54, 1.807) is 0 Å². The molecular weight excluding hydrogens is 350 g/mol. The van der Waals surface area contributed by atoms with Crippen LogP contribution in [0.3, 0.4) is 0 Å². The molecule has 1 aromatic heterocycles. The van der Waals surface area contributed by atoms with Gasteiger partial charge in [-0.2, -0.15) is 0 Å². The molecule has 1 aliphatic heterocycles. The number of aromatic nitrogens is 1. The molecule has 0 bridgehead atoms. The van der Waals surface area contributed by atoms with Gasteiger partial charge in [-0.25, -0.2) is 0 Å². The monoisotopic (exact) mass is 377 g/mol.